The number of rotatable bonds is 3. The summed E-state index contributed by atoms with van der Waals surface area (Å²) < 4.78 is 8.85. The van der Waals surface area contributed by atoms with Gasteiger partial charge in [-0.3, -0.25) is 4.79 Å². The average Bonchev–Trinajstić information content (AvgIpc) is 2.29. The molecule has 0 bridgehead atoms. The van der Waals surface area contributed by atoms with Gasteiger partial charge in [0.1, 0.15) is 5.75 Å². The zero-order valence-corrected chi connectivity index (χ0v) is 11.8. The summed E-state index contributed by atoms with van der Waals surface area (Å²) >= 11 is 3.34. The molecule has 0 aliphatic rings. The summed E-state index contributed by atoms with van der Waals surface area (Å²) in [5.41, 5.74) is 0.598. The molecule has 1 rings (SSSR count). The van der Waals surface area contributed by atoms with Crippen molar-refractivity contribution in [2.75, 3.05) is 13.4 Å². The topological polar surface area (TPSA) is 38.3 Å². The third kappa shape index (κ3) is 3.35. The molecule has 3 nitrogen and oxygen atoms in total. The summed E-state index contributed by atoms with van der Waals surface area (Å²) in [4.78, 5) is 11.8. The Kier molecular flexibility index (Phi) is 5.02. The van der Waals surface area contributed by atoms with E-state index < -0.39 is 0 Å². The first-order valence-corrected chi connectivity index (χ1v) is 7.16. The van der Waals surface area contributed by atoms with E-state index in [0.717, 1.165) is 4.47 Å². The van der Waals surface area contributed by atoms with Gasteiger partial charge in [0.15, 0.2) is 0 Å². The van der Waals surface area contributed by atoms with Gasteiger partial charge < -0.3 is 9.46 Å². The van der Waals surface area contributed by atoms with Crippen molar-refractivity contribution in [1.82, 2.24) is 4.72 Å². The number of hydrogen-bond acceptors (Lipinski definition) is 2. The quantitative estimate of drug-likeness (QED) is 0.872. The third-order valence-electron chi connectivity index (χ3n) is 2.02. The molecule has 0 saturated heterocycles. The lowest BCUT2D eigenvalue weighted by molar-refractivity contribution is 0.0984. The van der Waals surface area contributed by atoms with Crippen LogP contribution < -0.4 is 9.46 Å². The fourth-order valence-electron chi connectivity index (χ4n) is 1.07. The van der Waals surface area contributed by atoms with E-state index in [-0.39, 0.29) is 16.6 Å². The van der Waals surface area contributed by atoms with Crippen LogP contribution in [0.1, 0.15) is 17.3 Å². The van der Waals surface area contributed by atoms with Crippen LogP contribution in [-0.2, 0) is 0 Å². The van der Waals surface area contributed by atoms with Gasteiger partial charge in [0.2, 0.25) is 0 Å². The minimum absolute atomic E-state index is 0.0882. The molecule has 0 aliphatic heterocycles. The average molecular weight is 304 g/mol. The molecule has 0 heterocycles. The minimum atomic E-state index is -0.199. The fourth-order valence-corrected chi connectivity index (χ4v) is 2.00. The molecule has 1 atom stereocenters. The highest BCUT2D eigenvalue weighted by Crippen LogP contribution is 2.25. The fraction of sp³-hybridized carbons (Fsp3) is 0.273. The van der Waals surface area contributed by atoms with E-state index in [1.807, 2.05) is 18.5 Å². The Morgan fingerprint density at radius 3 is 2.81 bits per heavy atom. The van der Waals surface area contributed by atoms with Gasteiger partial charge in [0, 0.05) is 5.56 Å². The normalized spacial score (nSPS) is 12.2. The second-order valence-corrected chi connectivity index (χ2v) is 5.72. The number of carbonyl (C=O) groups excluding carboxylic acids is 1. The number of benzene rings is 1. The van der Waals surface area contributed by atoms with Crippen LogP contribution in [0.2, 0.25) is 0 Å². The maximum atomic E-state index is 11.8. The molecule has 0 saturated carbocycles. The predicted molar refractivity (Wildman–Crippen MR) is 73.4 cm³/mol. The molecule has 1 aromatic rings. The molecule has 88 valence electrons. The molecule has 16 heavy (non-hydrogen) atoms. The first kappa shape index (κ1) is 13.3. The number of nitrogens with one attached hydrogen (secondary N) is 1. The number of ether oxygens (including phenoxy) is 1. The highest BCUT2D eigenvalue weighted by atomic mass is 79.9. The maximum absolute atomic E-state index is 11.8. The summed E-state index contributed by atoms with van der Waals surface area (Å²) in [5.74, 6) is 0.568. The summed E-state index contributed by atoms with van der Waals surface area (Å²) in [5, 5.41) is 1.95. The van der Waals surface area contributed by atoms with Crippen LogP contribution in [0.5, 0.6) is 5.75 Å². The monoisotopic (exact) mass is 303 g/mol. The van der Waals surface area contributed by atoms with Gasteiger partial charge >= 0.3 is 0 Å². The van der Waals surface area contributed by atoms with Gasteiger partial charge in [0.05, 0.1) is 11.6 Å². The van der Waals surface area contributed by atoms with E-state index in [9.17, 15) is 4.79 Å². The van der Waals surface area contributed by atoms with Crippen LogP contribution in [0.25, 0.3) is 0 Å². The minimum Gasteiger partial charge on any atom is -0.496 e. The van der Waals surface area contributed by atoms with E-state index in [2.05, 4.69) is 20.7 Å². The predicted octanol–water partition coefficient (Wildman–Crippen LogP) is 2.82. The molecule has 1 N–H and O–H groups in total. The van der Waals surface area contributed by atoms with E-state index in [0.29, 0.717) is 11.3 Å². The van der Waals surface area contributed by atoms with Crippen molar-refractivity contribution in [3.8, 4) is 5.75 Å². The second kappa shape index (κ2) is 6.06. The van der Waals surface area contributed by atoms with Crippen LogP contribution in [0, 0.1) is 0 Å². The molecule has 0 spiro atoms. The van der Waals surface area contributed by atoms with E-state index in [1.165, 1.54) is 0 Å². The summed E-state index contributed by atoms with van der Waals surface area (Å²) in [6.07, 6.45) is 1.95. The lowest BCUT2D eigenvalue weighted by atomic mass is 10.2. The third-order valence-corrected chi connectivity index (χ3v) is 3.89. The van der Waals surface area contributed by atoms with Gasteiger partial charge in [-0.2, -0.15) is 0 Å². The van der Waals surface area contributed by atoms with Crippen molar-refractivity contribution in [3.05, 3.63) is 28.2 Å². The summed E-state index contributed by atoms with van der Waals surface area (Å²) in [6, 6.07) is 5.28. The van der Waals surface area contributed by atoms with E-state index in [1.54, 1.807) is 25.3 Å². The van der Waals surface area contributed by atoms with Gasteiger partial charge in [-0.05, 0) is 52.7 Å². The van der Waals surface area contributed by atoms with Crippen molar-refractivity contribution in [1.29, 1.82) is 0 Å². The lowest BCUT2D eigenvalue weighted by Crippen LogP contribution is -2.17. The van der Waals surface area contributed by atoms with E-state index in [4.69, 9.17) is 4.74 Å². The largest absolute Gasteiger partial charge is 0.496 e. The molecular weight excluding hydrogens is 290 g/mol. The maximum Gasteiger partial charge on any atom is 0.260 e. The number of carbonyl (C=O) groups is 1. The van der Waals surface area contributed by atoms with Crippen molar-refractivity contribution in [2.24, 2.45) is 0 Å². The van der Waals surface area contributed by atoms with Crippen LogP contribution in [0.15, 0.2) is 22.7 Å². The number of amides is 1. The Bertz CT molecular complexity index is 432. The van der Waals surface area contributed by atoms with Crippen molar-refractivity contribution in [3.63, 3.8) is 0 Å². The zero-order chi connectivity index (χ0) is 12.1. The molecule has 0 aromatic heterocycles. The first-order valence-electron chi connectivity index (χ1n) is 4.67. The summed E-state index contributed by atoms with van der Waals surface area (Å²) in [6.45, 7) is 1.92. The Morgan fingerprint density at radius 1 is 1.56 bits per heavy atom. The molecule has 1 unspecified atom stereocenters. The highest BCUT2D eigenvalue weighted by molar-refractivity contribution is 9.10. The summed E-state index contributed by atoms with van der Waals surface area (Å²) in [7, 11) is 1.38. The van der Waals surface area contributed by atoms with Crippen molar-refractivity contribution < 1.29 is 9.53 Å². The van der Waals surface area contributed by atoms with Crippen molar-refractivity contribution >= 4 is 37.9 Å². The number of hydrogen-bond donors (Lipinski definition) is 1. The SMILES string of the molecule is C/C=S(\C)NC(=O)c1ccc(Br)c(OC)c1. The molecule has 0 radical (unpaired) electrons. The number of halogens is 1. The molecule has 0 fully saturated rings. The Hall–Kier alpha value is -0.810. The van der Waals surface area contributed by atoms with Crippen molar-refractivity contribution in [2.45, 2.75) is 6.92 Å². The number of methoxy groups -OCH3 is 1. The lowest BCUT2D eigenvalue weighted by Gasteiger charge is -2.08. The van der Waals surface area contributed by atoms with Gasteiger partial charge in [-0.15, -0.1) is 10.7 Å². The van der Waals surface area contributed by atoms with Crippen LogP contribution in [-0.4, -0.2) is 24.6 Å². The first-order chi connectivity index (χ1) is 7.58. The van der Waals surface area contributed by atoms with E-state index >= 15 is 0 Å². The standard InChI is InChI=1S/C11H14BrNO2S/c1-4-16(3)13-11(14)8-5-6-9(12)10(7-8)15-2/h4-7H,1-3H3,(H,13,14). The van der Waals surface area contributed by atoms with Crippen LogP contribution in [0.3, 0.4) is 0 Å². The highest BCUT2D eigenvalue weighted by Gasteiger charge is 2.08. The smallest absolute Gasteiger partial charge is 0.260 e. The molecule has 1 aromatic carbocycles. The molecular formula is C11H14BrNO2S. The Balaban J connectivity index is 2.92. The Labute approximate surface area is 106 Å². The molecule has 0 aliphatic carbocycles. The zero-order valence-electron chi connectivity index (χ0n) is 9.41. The van der Waals surface area contributed by atoms with Gasteiger partial charge in [-0.1, -0.05) is 0 Å². The van der Waals surface area contributed by atoms with Crippen LogP contribution in [0.4, 0.5) is 0 Å². The van der Waals surface area contributed by atoms with Gasteiger partial charge in [0.25, 0.3) is 5.91 Å². The second-order valence-electron chi connectivity index (χ2n) is 3.07. The molecule has 5 heteroatoms. The molecule has 1 amide bonds. The van der Waals surface area contributed by atoms with Gasteiger partial charge in [-0.25, -0.2) is 0 Å². The van der Waals surface area contributed by atoms with Crippen LogP contribution >= 0.6 is 26.6 Å². The Morgan fingerprint density at radius 2 is 2.25 bits per heavy atom.